The Kier molecular flexibility index (Phi) is 10.5. The predicted octanol–water partition coefficient (Wildman–Crippen LogP) is 0.500. The fraction of sp³-hybridized carbons (Fsp3) is 0.480. The number of rotatable bonds is 12. The van der Waals surface area contributed by atoms with Gasteiger partial charge in [-0.2, -0.15) is 4.31 Å². The van der Waals surface area contributed by atoms with Gasteiger partial charge in [0.15, 0.2) is 0 Å². The number of carbonyl (C=O) groups is 1. The van der Waals surface area contributed by atoms with Gasteiger partial charge < -0.3 is 29.9 Å². The van der Waals surface area contributed by atoms with Crippen molar-refractivity contribution < 1.29 is 37.8 Å². The summed E-state index contributed by atoms with van der Waals surface area (Å²) in [5.41, 5.74) is 1.01. The minimum Gasteiger partial charge on any atom is -0.444 e. The van der Waals surface area contributed by atoms with Crippen LogP contribution >= 0.6 is 0 Å². The van der Waals surface area contributed by atoms with E-state index in [-0.39, 0.29) is 41.9 Å². The maximum Gasteiger partial charge on any atom is 0.488 e. The molecule has 2 aromatic rings. The van der Waals surface area contributed by atoms with Gasteiger partial charge in [-0.05, 0) is 35.5 Å². The quantitative estimate of drug-likeness (QED) is 0.288. The lowest BCUT2D eigenvalue weighted by atomic mass is 9.81. The number of hydrogen-bond acceptors (Lipinski definition) is 8. The molecule has 10 nitrogen and oxygen atoms in total. The number of aliphatic hydroxyl groups excluding tert-OH is 1. The molecule has 1 aliphatic heterocycles. The normalized spacial score (nSPS) is 17.5. The second-order valence-corrected chi connectivity index (χ2v) is 11.5. The molecular formula is C25H35BN2O8S. The fourth-order valence-electron chi connectivity index (χ4n) is 4.07. The van der Waals surface area contributed by atoms with E-state index in [9.17, 15) is 28.4 Å². The molecule has 2 aromatic carbocycles. The monoisotopic (exact) mass is 534 g/mol. The Morgan fingerprint density at radius 2 is 1.81 bits per heavy atom. The Labute approximate surface area is 218 Å². The molecule has 0 spiro atoms. The number of amides is 1. The van der Waals surface area contributed by atoms with E-state index in [1.165, 1.54) is 28.6 Å². The van der Waals surface area contributed by atoms with Crippen molar-refractivity contribution in [1.29, 1.82) is 0 Å². The van der Waals surface area contributed by atoms with Crippen molar-refractivity contribution in [2.45, 2.75) is 49.8 Å². The minimum absolute atomic E-state index is 0.0436. The second kappa shape index (κ2) is 13.4. The lowest BCUT2D eigenvalue weighted by Crippen LogP contribution is -2.51. The second-order valence-electron chi connectivity index (χ2n) is 9.56. The highest BCUT2D eigenvalue weighted by Gasteiger charge is 2.32. The molecule has 37 heavy (non-hydrogen) atoms. The van der Waals surface area contributed by atoms with E-state index in [2.05, 4.69) is 5.32 Å². The summed E-state index contributed by atoms with van der Waals surface area (Å²) < 4.78 is 38.8. The van der Waals surface area contributed by atoms with Crippen LogP contribution in [0.5, 0.6) is 0 Å². The van der Waals surface area contributed by atoms with Crippen LogP contribution < -0.4 is 10.8 Å². The van der Waals surface area contributed by atoms with Gasteiger partial charge in [0.2, 0.25) is 10.0 Å². The minimum atomic E-state index is -4.04. The Hall–Kier alpha value is -2.48. The van der Waals surface area contributed by atoms with Gasteiger partial charge in [0, 0.05) is 19.5 Å². The molecule has 0 saturated carbocycles. The fourth-order valence-corrected chi connectivity index (χ4v) is 5.69. The molecule has 0 radical (unpaired) electrons. The maximum atomic E-state index is 13.5. The molecule has 0 aliphatic carbocycles. The summed E-state index contributed by atoms with van der Waals surface area (Å²) >= 11 is 0. The number of hydrogen-bond donors (Lipinski definition) is 4. The first-order valence-corrected chi connectivity index (χ1v) is 13.7. The van der Waals surface area contributed by atoms with Crippen molar-refractivity contribution in [1.82, 2.24) is 9.62 Å². The number of ether oxygens (including phenoxy) is 2. The number of aliphatic hydroxyl groups is 1. The van der Waals surface area contributed by atoms with Gasteiger partial charge in [0.25, 0.3) is 0 Å². The Bertz CT molecular complexity index is 1090. The summed E-state index contributed by atoms with van der Waals surface area (Å²) in [4.78, 5) is 12.6. The average molecular weight is 534 g/mol. The summed E-state index contributed by atoms with van der Waals surface area (Å²) in [5.74, 6) is -0.0478. The van der Waals surface area contributed by atoms with E-state index in [1.54, 1.807) is 0 Å². The molecule has 3 rings (SSSR count). The van der Waals surface area contributed by atoms with Crippen LogP contribution in [-0.4, -0.2) is 85.6 Å². The summed E-state index contributed by atoms with van der Waals surface area (Å²) in [6.45, 7) is 4.41. The third-order valence-electron chi connectivity index (χ3n) is 6.00. The lowest BCUT2D eigenvalue weighted by molar-refractivity contribution is 0.0644. The van der Waals surface area contributed by atoms with Crippen LogP contribution in [0, 0.1) is 5.92 Å². The van der Waals surface area contributed by atoms with E-state index in [1.807, 2.05) is 44.2 Å². The molecule has 1 saturated heterocycles. The van der Waals surface area contributed by atoms with Crippen molar-refractivity contribution in [3.63, 3.8) is 0 Å². The molecule has 1 unspecified atom stereocenters. The summed E-state index contributed by atoms with van der Waals surface area (Å²) in [5, 5.41) is 32.6. The summed E-state index contributed by atoms with van der Waals surface area (Å²) in [6, 6.07) is 13.7. The zero-order valence-electron chi connectivity index (χ0n) is 21.1. The highest BCUT2D eigenvalue weighted by molar-refractivity contribution is 7.89. The predicted molar refractivity (Wildman–Crippen MR) is 139 cm³/mol. The van der Waals surface area contributed by atoms with Gasteiger partial charge >= 0.3 is 13.2 Å². The topological polar surface area (TPSA) is 146 Å². The molecule has 1 fully saturated rings. The van der Waals surface area contributed by atoms with E-state index in [0.717, 1.165) is 5.56 Å². The van der Waals surface area contributed by atoms with Gasteiger partial charge in [-0.15, -0.1) is 0 Å². The van der Waals surface area contributed by atoms with E-state index >= 15 is 0 Å². The number of nitrogens with one attached hydrogen (secondary N) is 1. The van der Waals surface area contributed by atoms with Crippen LogP contribution in [0.25, 0.3) is 0 Å². The summed E-state index contributed by atoms with van der Waals surface area (Å²) in [6.07, 6.45) is -1.47. The molecule has 0 bridgehead atoms. The standard InChI is InChI=1S/C25H35BN2O8S/c1-18(2)15-28(37(33,34)22-10-8-20(9-11-22)26(31)32)16-24(29)23(14-19-6-4-3-5-7-19)27-25(30)36-21-12-13-35-17-21/h3-11,18,21,23-24,29,31-32H,12-17H2,1-2H3,(H,27,30)/t21-,23?,24+/m0/s1. The molecule has 0 aromatic heterocycles. The first-order chi connectivity index (χ1) is 17.6. The van der Waals surface area contributed by atoms with E-state index in [0.29, 0.717) is 19.6 Å². The number of alkyl carbamates (subject to hydrolysis) is 1. The lowest BCUT2D eigenvalue weighted by Gasteiger charge is -2.30. The average Bonchev–Trinajstić information content (AvgIpc) is 3.36. The SMILES string of the molecule is CC(C)CN(C[C@@H](O)C(Cc1ccccc1)NC(=O)O[C@H]1CCOC1)S(=O)(=O)c1ccc(B(O)O)cc1. The van der Waals surface area contributed by atoms with Crippen molar-refractivity contribution >= 4 is 28.7 Å². The molecule has 1 heterocycles. The van der Waals surface area contributed by atoms with Crippen LogP contribution in [0.3, 0.4) is 0 Å². The Morgan fingerprint density at radius 3 is 2.38 bits per heavy atom. The van der Waals surface area contributed by atoms with E-state index in [4.69, 9.17) is 9.47 Å². The Balaban J connectivity index is 1.81. The van der Waals surface area contributed by atoms with Crippen molar-refractivity contribution in [3.05, 3.63) is 60.2 Å². The van der Waals surface area contributed by atoms with Gasteiger partial charge in [-0.25, -0.2) is 13.2 Å². The van der Waals surface area contributed by atoms with Gasteiger partial charge in [-0.3, -0.25) is 0 Å². The van der Waals surface area contributed by atoms with Crippen molar-refractivity contribution in [3.8, 4) is 0 Å². The molecule has 12 heteroatoms. The summed E-state index contributed by atoms with van der Waals surface area (Å²) in [7, 11) is -5.75. The number of nitrogens with zero attached hydrogens (tertiary/aromatic N) is 1. The molecular weight excluding hydrogens is 499 g/mol. The third-order valence-corrected chi connectivity index (χ3v) is 7.85. The van der Waals surface area contributed by atoms with Gasteiger partial charge in [0.05, 0.1) is 30.3 Å². The number of carbonyl (C=O) groups excluding carboxylic acids is 1. The zero-order valence-corrected chi connectivity index (χ0v) is 21.9. The van der Waals surface area contributed by atoms with E-state index < -0.39 is 35.4 Å². The smallest absolute Gasteiger partial charge is 0.444 e. The largest absolute Gasteiger partial charge is 0.488 e. The van der Waals surface area contributed by atoms with Crippen LogP contribution in [-0.2, 0) is 25.9 Å². The zero-order chi connectivity index (χ0) is 27.0. The number of benzene rings is 2. The first kappa shape index (κ1) is 29.1. The third kappa shape index (κ3) is 8.52. The van der Waals surface area contributed by atoms with Crippen molar-refractivity contribution in [2.75, 3.05) is 26.3 Å². The van der Waals surface area contributed by atoms with Crippen LogP contribution in [0.15, 0.2) is 59.5 Å². The maximum absolute atomic E-state index is 13.5. The molecule has 1 aliphatic rings. The molecule has 3 atom stereocenters. The van der Waals surface area contributed by atoms with Crippen LogP contribution in [0.2, 0.25) is 0 Å². The van der Waals surface area contributed by atoms with Crippen LogP contribution in [0.1, 0.15) is 25.8 Å². The van der Waals surface area contributed by atoms with Crippen molar-refractivity contribution in [2.24, 2.45) is 5.92 Å². The highest BCUT2D eigenvalue weighted by Crippen LogP contribution is 2.19. The molecule has 1 amide bonds. The number of sulfonamides is 1. The molecule has 202 valence electrons. The van der Waals surface area contributed by atoms with Gasteiger partial charge in [-0.1, -0.05) is 56.3 Å². The highest BCUT2D eigenvalue weighted by atomic mass is 32.2. The Morgan fingerprint density at radius 1 is 1.14 bits per heavy atom. The van der Waals surface area contributed by atoms with Gasteiger partial charge in [0.1, 0.15) is 6.10 Å². The van der Waals surface area contributed by atoms with Crippen LogP contribution in [0.4, 0.5) is 4.79 Å². The molecule has 4 N–H and O–H groups in total. The first-order valence-electron chi connectivity index (χ1n) is 12.3.